The summed E-state index contributed by atoms with van der Waals surface area (Å²) < 4.78 is 0. The van der Waals surface area contributed by atoms with Crippen molar-refractivity contribution in [2.24, 2.45) is 11.7 Å². The van der Waals surface area contributed by atoms with Gasteiger partial charge in [-0.05, 0) is 12.8 Å². The predicted octanol–water partition coefficient (Wildman–Crippen LogP) is 5.62. The molecule has 0 aliphatic carbocycles. The number of nitrogens with two attached hydrogens (primary N) is 1. The lowest BCUT2D eigenvalue weighted by molar-refractivity contribution is -0.121. The lowest BCUT2D eigenvalue weighted by atomic mass is 9.96. The van der Waals surface area contributed by atoms with E-state index < -0.39 is 0 Å². The Morgan fingerprint density at radius 2 is 1.21 bits per heavy atom. The molecule has 0 aromatic heterocycles. The standard InChI is InChI=1S/C21H41NO.Mg.2H/c1-3-5-6-7-8-9-10-11-12-13-14-15-16-17-19-20(18-4-2)21(22)23;;;/h4,20H,2-3,5-19H2,1H3,(H2,22,23);;;. The second-order valence-electron chi connectivity index (χ2n) is 7.01. The number of carbonyl (C=O) groups excluding carboxylic acids is 1. The first kappa shape index (κ1) is 26.2. The summed E-state index contributed by atoms with van der Waals surface area (Å²) >= 11 is 0. The van der Waals surface area contributed by atoms with Crippen molar-refractivity contribution < 1.29 is 4.79 Å². The molecular formula is C21H43MgNO. The first-order valence-corrected chi connectivity index (χ1v) is 10.1. The van der Waals surface area contributed by atoms with Crippen LogP contribution in [0.4, 0.5) is 0 Å². The van der Waals surface area contributed by atoms with E-state index in [1.54, 1.807) is 6.08 Å². The number of primary amides is 1. The number of unbranched alkanes of at least 4 members (excludes halogenated alkanes) is 13. The first-order chi connectivity index (χ1) is 11.2. The minimum absolute atomic E-state index is 0. The third-order valence-electron chi connectivity index (χ3n) is 4.76. The molecule has 0 rings (SSSR count). The van der Waals surface area contributed by atoms with Crippen LogP contribution in [0.25, 0.3) is 0 Å². The van der Waals surface area contributed by atoms with Gasteiger partial charge in [0.1, 0.15) is 0 Å². The molecule has 0 fully saturated rings. The van der Waals surface area contributed by atoms with E-state index in [1.807, 2.05) is 0 Å². The molecule has 0 saturated carbocycles. The van der Waals surface area contributed by atoms with Crippen molar-refractivity contribution >= 4 is 29.0 Å². The Bertz CT molecular complexity index is 281. The SMILES string of the molecule is C=CCC(CCCCCCCCCCCCCCCC)C(N)=O.[MgH2]. The largest absolute Gasteiger partial charge is 0.369 e. The molecule has 2 N–H and O–H groups in total. The molecule has 140 valence electrons. The van der Waals surface area contributed by atoms with Gasteiger partial charge in [0, 0.05) is 5.92 Å². The molecule has 1 unspecified atom stereocenters. The van der Waals surface area contributed by atoms with E-state index in [0.717, 1.165) is 19.3 Å². The van der Waals surface area contributed by atoms with Crippen molar-refractivity contribution in [1.29, 1.82) is 0 Å². The summed E-state index contributed by atoms with van der Waals surface area (Å²) in [5.41, 5.74) is 5.39. The van der Waals surface area contributed by atoms with E-state index in [-0.39, 0.29) is 34.9 Å². The van der Waals surface area contributed by atoms with Crippen LogP contribution in [0.2, 0.25) is 0 Å². The molecule has 0 saturated heterocycles. The van der Waals surface area contributed by atoms with Crippen molar-refractivity contribution in [1.82, 2.24) is 0 Å². The average Bonchev–Trinajstić information content (AvgIpc) is 2.54. The van der Waals surface area contributed by atoms with Crippen LogP contribution in [0.15, 0.2) is 12.7 Å². The van der Waals surface area contributed by atoms with E-state index in [4.69, 9.17) is 5.73 Å². The number of allylic oxidation sites excluding steroid dienone is 1. The van der Waals surface area contributed by atoms with Gasteiger partial charge >= 0.3 is 23.1 Å². The number of hydrogen-bond acceptors (Lipinski definition) is 1. The number of hydrogen-bond donors (Lipinski definition) is 1. The van der Waals surface area contributed by atoms with Gasteiger partial charge in [-0.2, -0.15) is 0 Å². The van der Waals surface area contributed by atoms with E-state index in [9.17, 15) is 4.79 Å². The quantitative estimate of drug-likeness (QED) is 0.195. The lowest BCUT2D eigenvalue weighted by Gasteiger charge is -2.10. The van der Waals surface area contributed by atoms with Crippen LogP contribution in [0.1, 0.15) is 110 Å². The van der Waals surface area contributed by atoms with Crippen LogP contribution in [-0.4, -0.2) is 29.0 Å². The first-order valence-electron chi connectivity index (χ1n) is 10.1. The van der Waals surface area contributed by atoms with E-state index in [2.05, 4.69) is 13.5 Å². The molecule has 3 heteroatoms. The fourth-order valence-electron chi connectivity index (χ4n) is 3.16. The van der Waals surface area contributed by atoms with Gasteiger partial charge < -0.3 is 5.73 Å². The Hall–Kier alpha value is -0.0238. The number of rotatable bonds is 18. The van der Waals surface area contributed by atoms with E-state index >= 15 is 0 Å². The summed E-state index contributed by atoms with van der Waals surface area (Å²) in [4.78, 5) is 11.2. The van der Waals surface area contributed by atoms with Crippen LogP contribution in [0, 0.1) is 5.92 Å². The summed E-state index contributed by atoms with van der Waals surface area (Å²) in [5.74, 6) is -0.163. The fourth-order valence-corrected chi connectivity index (χ4v) is 3.16. The molecule has 0 aliphatic rings. The van der Waals surface area contributed by atoms with Crippen molar-refractivity contribution in [2.75, 3.05) is 0 Å². The zero-order valence-electron chi connectivity index (χ0n) is 15.7. The zero-order valence-corrected chi connectivity index (χ0v) is 15.7. The molecule has 0 aromatic rings. The van der Waals surface area contributed by atoms with Crippen LogP contribution in [-0.2, 0) is 4.79 Å². The van der Waals surface area contributed by atoms with Gasteiger partial charge in [0.2, 0.25) is 5.91 Å². The molecule has 0 spiro atoms. The van der Waals surface area contributed by atoms with Gasteiger partial charge in [0.25, 0.3) is 0 Å². The fraction of sp³-hybridized carbons (Fsp3) is 0.857. The molecular weight excluding hydrogens is 307 g/mol. The highest BCUT2D eigenvalue weighted by Gasteiger charge is 2.12. The predicted molar refractivity (Wildman–Crippen MR) is 111 cm³/mol. The monoisotopic (exact) mass is 349 g/mol. The maximum absolute atomic E-state index is 11.2. The van der Waals surface area contributed by atoms with Gasteiger partial charge in [-0.25, -0.2) is 0 Å². The van der Waals surface area contributed by atoms with Crippen molar-refractivity contribution in [3.63, 3.8) is 0 Å². The van der Waals surface area contributed by atoms with Crippen molar-refractivity contribution in [2.45, 2.75) is 110 Å². The van der Waals surface area contributed by atoms with Gasteiger partial charge in [-0.1, -0.05) is 103 Å². The second kappa shape index (κ2) is 21.0. The minimum Gasteiger partial charge on any atom is -0.369 e. The highest BCUT2D eigenvalue weighted by atomic mass is 24.3. The summed E-state index contributed by atoms with van der Waals surface area (Å²) in [6.45, 7) is 5.97. The summed E-state index contributed by atoms with van der Waals surface area (Å²) in [7, 11) is 0. The lowest BCUT2D eigenvalue weighted by Crippen LogP contribution is -2.22. The smallest absolute Gasteiger partial charge is 0.316 e. The van der Waals surface area contributed by atoms with Gasteiger partial charge in [0.05, 0.1) is 0 Å². The summed E-state index contributed by atoms with van der Waals surface area (Å²) in [6, 6.07) is 0. The van der Waals surface area contributed by atoms with Crippen LogP contribution >= 0.6 is 0 Å². The van der Waals surface area contributed by atoms with Crippen LogP contribution in [0.3, 0.4) is 0 Å². The third-order valence-corrected chi connectivity index (χ3v) is 4.76. The van der Waals surface area contributed by atoms with E-state index in [0.29, 0.717) is 0 Å². The molecule has 1 atom stereocenters. The number of amides is 1. The second-order valence-corrected chi connectivity index (χ2v) is 7.01. The minimum atomic E-state index is -0.167. The van der Waals surface area contributed by atoms with Gasteiger partial charge in [-0.3, -0.25) is 4.79 Å². The maximum atomic E-state index is 11.2. The molecule has 0 bridgehead atoms. The third kappa shape index (κ3) is 18.3. The highest BCUT2D eigenvalue weighted by Crippen LogP contribution is 2.16. The Morgan fingerprint density at radius 3 is 1.54 bits per heavy atom. The molecule has 0 aliphatic heterocycles. The van der Waals surface area contributed by atoms with Gasteiger partial charge in [-0.15, -0.1) is 6.58 Å². The molecule has 0 heterocycles. The Kier molecular flexibility index (Phi) is 23.0. The molecule has 0 radical (unpaired) electrons. The van der Waals surface area contributed by atoms with Crippen LogP contribution < -0.4 is 5.73 Å². The van der Waals surface area contributed by atoms with Crippen molar-refractivity contribution in [3.8, 4) is 0 Å². The van der Waals surface area contributed by atoms with Crippen LogP contribution in [0.5, 0.6) is 0 Å². The van der Waals surface area contributed by atoms with Gasteiger partial charge in [0.15, 0.2) is 0 Å². The average molecular weight is 350 g/mol. The Balaban J connectivity index is 0. The summed E-state index contributed by atoms with van der Waals surface area (Å²) in [5, 5.41) is 0. The van der Waals surface area contributed by atoms with Crippen molar-refractivity contribution in [3.05, 3.63) is 12.7 Å². The highest BCUT2D eigenvalue weighted by molar-refractivity contribution is 5.76. The van der Waals surface area contributed by atoms with E-state index in [1.165, 1.54) is 83.5 Å². The molecule has 0 aromatic carbocycles. The zero-order chi connectivity index (χ0) is 17.2. The summed E-state index contributed by atoms with van der Waals surface area (Å²) in [6.07, 6.45) is 22.6. The Labute approximate surface area is 167 Å². The molecule has 24 heavy (non-hydrogen) atoms. The molecule has 2 nitrogen and oxygen atoms in total. The maximum Gasteiger partial charge on any atom is 0.316 e. The topological polar surface area (TPSA) is 43.1 Å². The number of carbonyl (C=O) groups is 1. The normalized spacial score (nSPS) is 11.7. The Morgan fingerprint density at radius 1 is 0.833 bits per heavy atom. The molecule has 1 amide bonds.